The lowest BCUT2D eigenvalue weighted by molar-refractivity contribution is 0.322. The van der Waals surface area contributed by atoms with E-state index in [1.165, 1.54) is 0 Å². The van der Waals surface area contributed by atoms with E-state index in [0.29, 0.717) is 18.3 Å². The van der Waals surface area contributed by atoms with E-state index < -0.39 is 0 Å². The Hall–Kier alpha value is -2.27. The second-order valence-corrected chi connectivity index (χ2v) is 5.21. The lowest BCUT2D eigenvalue weighted by Crippen LogP contribution is -2.40. The van der Waals surface area contributed by atoms with Crippen LogP contribution < -0.4 is 15.4 Å². The molecule has 0 atom stereocenters. The number of pyridine rings is 1. The van der Waals surface area contributed by atoms with E-state index >= 15 is 0 Å². The Morgan fingerprint density at radius 3 is 2.61 bits per heavy atom. The quantitative estimate of drug-likeness (QED) is 0.354. The Balaban J connectivity index is 1.62. The number of aliphatic imine (C=N–C) groups is 1. The van der Waals surface area contributed by atoms with E-state index in [4.69, 9.17) is 16.3 Å². The summed E-state index contributed by atoms with van der Waals surface area (Å²) in [6.45, 7) is 2.02. The highest BCUT2D eigenvalue weighted by Gasteiger charge is 1.99. The minimum Gasteiger partial charge on any atom is -0.492 e. The topological polar surface area (TPSA) is 58.5 Å². The van der Waals surface area contributed by atoms with Crippen LogP contribution in [0.15, 0.2) is 53.7 Å². The van der Waals surface area contributed by atoms with Gasteiger partial charge in [0.2, 0.25) is 0 Å². The smallest absolute Gasteiger partial charge is 0.191 e. The molecule has 0 aliphatic heterocycles. The van der Waals surface area contributed by atoms with E-state index in [1.807, 2.05) is 36.4 Å². The van der Waals surface area contributed by atoms with E-state index in [9.17, 15) is 0 Å². The highest BCUT2D eigenvalue weighted by molar-refractivity contribution is 6.29. The van der Waals surface area contributed by atoms with Gasteiger partial charge in [-0.3, -0.25) is 4.99 Å². The molecule has 0 unspecified atom stereocenters. The SMILES string of the molecule is CN=C(NCCOc1ccccc1)NCCc1ccc(Cl)nc1. The normalized spacial score (nSPS) is 11.1. The third-order valence-electron chi connectivity index (χ3n) is 3.12. The first kappa shape index (κ1) is 17.1. The Morgan fingerprint density at radius 2 is 1.91 bits per heavy atom. The van der Waals surface area contributed by atoms with E-state index in [2.05, 4.69) is 20.6 Å². The molecule has 0 amide bonds. The first-order chi connectivity index (χ1) is 11.3. The van der Waals surface area contributed by atoms with Gasteiger partial charge < -0.3 is 15.4 Å². The minimum absolute atomic E-state index is 0.512. The van der Waals surface area contributed by atoms with Crippen LogP contribution in [0.1, 0.15) is 5.56 Å². The minimum atomic E-state index is 0.512. The van der Waals surface area contributed by atoms with Gasteiger partial charge >= 0.3 is 0 Å². The number of hydrogen-bond donors (Lipinski definition) is 2. The molecular formula is C17H21ClN4O. The molecule has 1 heterocycles. The van der Waals surface area contributed by atoms with Crippen molar-refractivity contribution in [1.29, 1.82) is 0 Å². The summed E-state index contributed by atoms with van der Waals surface area (Å²) >= 11 is 5.77. The second kappa shape index (κ2) is 9.69. The van der Waals surface area contributed by atoms with Crippen molar-refractivity contribution >= 4 is 17.6 Å². The number of para-hydroxylation sites is 1. The summed E-state index contributed by atoms with van der Waals surface area (Å²) in [5.74, 6) is 1.62. The van der Waals surface area contributed by atoms with Gasteiger partial charge in [-0.25, -0.2) is 4.98 Å². The highest BCUT2D eigenvalue weighted by Crippen LogP contribution is 2.07. The van der Waals surface area contributed by atoms with Crippen molar-refractivity contribution in [2.24, 2.45) is 4.99 Å². The fourth-order valence-corrected chi connectivity index (χ4v) is 2.07. The van der Waals surface area contributed by atoms with Crippen LogP contribution in [0.25, 0.3) is 0 Å². The van der Waals surface area contributed by atoms with Crippen LogP contribution in [-0.4, -0.2) is 37.7 Å². The van der Waals surface area contributed by atoms with Gasteiger partial charge in [0.1, 0.15) is 17.5 Å². The van der Waals surface area contributed by atoms with Crippen molar-refractivity contribution in [2.45, 2.75) is 6.42 Å². The first-order valence-corrected chi connectivity index (χ1v) is 7.88. The molecule has 0 aliphatic carbocycles. The average Bonchev–Trinajstić information content (AvgIpc) is 2.59. The Bertz CT molecular complexity index is 602. The monoisotopic (exact) mass is 332 g/mol. The van der Waals surface area contributed by atoms with Crippen LogP contribution in [0.2, 0.25) is 5.15 Å². The fraction of sp³-hybridized carbons (Fsp3) is 0.294. The lowest BCUT2D eigenvalue weighted by atomic mass is 10.2. The Labute approximate surface area is 141 Å². The zero-order valence-corrected chi connectivity index (χ0v) is 13.9. The van der Waals surface area contributed by atoms with Crippen LogP contribution in [0.3, 0.4) is 0 Å². The Morgan fingerprint density at radius 1 is 1.13 bits per heavy atom. The maximum Gasteiger partial charge on any atom is 0.191 e. The van der Waals surface area contributed by atoms with Gasteiger partial charge in [-0.2, -0.15) is 0 Å². The Kier molecular flexibility index (Phi) is 7.20. The maximum absolute atomic E-state index is 5.77. The molecule has 0 spiro atoms. The van der Waals surface area contributed by atoms with Crippen LogP contribution >= 0.6 is 11.6 Å². The van der Waals surface area contributed by atoms with E-state index in [0.717, 1.165) is 30.2 Å². The molecule has 0 aliphatic rings. The highest BCUT2D eigenvalue weighted by atomic mass is 35.5. The third-order valence-corrected chi connectivity index (χ3v) is 3.35. The molecule has 6 heteroatoms. The van der Waals surface area contributed by atoms with Gasteiger partial charge in [0.15, 0.2) is 5.96 Å². The summed E-state index contributed by atoms with van der Waals surface area (Å²) < 4.78 is 5.62. The maximum atomic E-state index is 5.77. The summed E-state index contributed by atoms with van der Waals surface area (Å²) in [7, 11) is 1.75. The molecule has 23 heavy (non-hydrogen) atoms. The van der Waals surface area contributed by atoms with E-state index in [1.54, 1.807) is 19.3 Å². The van der Waals surface area contributed by atoms with Crippen molar-refractivity contribution in [3.63, 3.8) is 0 Å². The molecule has 0 radical (unpaired) electrons. The lowest BCUT2D eigenvalue weighted by Gasteiger charge is -2.12. The molecule has 0 bridgehead atoms. The molecule has 1 aromatic heterocycles. The van der Waals surface area contributed by atoms with Crippen molar-refractivity contribution in [1.82, 2.24) is 15.6 Å². The van der Waals surface area contributed by atoms with Gasteiger partial charge in [0, 0.05) is 19.8 Å². The van der Waals surface area contributed by atoms with Gasteiger partial charge in [-0.1, -0.05) is 35.9 Å². The standard InChI is InChI=1S/C17H21ClN4O/c1-19-17(20-10-9-14-7-8-16(18)22-13-14)21-11-12-23-15-5-3-2-4-6-15/h2-8,13H,9-12H2,1H3,(H2,19,20,21). The summed E-state index contributed by atoms with van der Waals surface area (Å²) in [5, 5.41) is 6.98. The summed E-state index contributed by atoms with van der Waals surface area (Å²) in [6, 6.07) is 13.5. The first-order valence-electron chi connectivity index (χ1n) is 7.51. The second-order valence-electron chi connectivity index (χ2n) is 4.83. The molecule has 0 saturated heterocycles. The largest absolute Gasteiger partial charge is 0.492 e. The number of nitrogens with zero attached hydrogens (tertiary/aromatic N) is 2. The molecule has 2 rings (SSSR count). The van der Waals surface area contributed by atoms with Crippen LogP contribution in [0.5, 0.6) is 5.75 Å². The van der Waals surface area contributed by atoms with Crippen molar-refractivity contribution in [3.8, 4) is 5.75 Å². The number of ether oxygens (including phenoxy) is 1. The predicted octanol–water partition coefficient (Wildman–Crippen LogP) is 2.52. The summed E-state index contributed by atoms with van der Waals surface area (Å²) in [5.41, 5.74) is 1.13. The number of halogens is 1. The van der Waals surface area contributed by atoms with Gasteiger partial charge in [-0.05, 0) is 30.2 Å². The zero-order chi connectivity index (χ0) is 16.3. The number of hydrogen-bond acceptors (Lipinski definition) is 3. The van der Waals surface area contributed by atoms with Gasteiger partial charge in [0.25, 0.3) is 0 Å². The molecule has 5 nitrogen and oxygen atoms in total. The number of nitrogens with one attached hydrogen (secondary N) is 2. The third kappa shape index (κ3) is 6.57. The number of guanidine groups is 1. The molecule has 2 aromatic rings. The van der Waals surface area contributed by atoms with Crippen molar-refractivity contribution in [3.05, 3.63) is 59.4 Å². The summed E-state index contributed by atoms with van der Waals surface area (Å²) in [6.07, 6.45) is 2.64. The van der Waals surface area contributed by atoms with Crippen LogP contribution in [0.4, 0.5) is 0 Å². The van der Waals surface area contributed by atoms with Crippen LogP contribution in [-0.2, 0) is 6.42 Å². The van der Waals surface area contributed by atoms with Gasteiger partial charge in [0.05, 0.1) is 6.54 Å². The molecule has 1 aromatic carbocycles. The number of aromatic nitrogens is 1. The fourth-order valence-electron chi connectivity index (χ4n) is 1.96. The predicted molar refractivity (Wildman–Crippen MR) is 94.3 cm³/mol. The van der Waals surface area contributed by atoms with Crippen LogP contribution in [0, 0.1) is 0 Å². The van der Waals surface area contributed by atoms with Gasteiger partial charge in [-0.15, -0.1) is 0 Å². The van der Waals surface area contributed by atoms with Crippen molar-refractivity contribution in [2.75, 3.05) is 26.7 Å². The average molecular weight is 333 g/mol. The van der Waals surface area contributed by atoms with Crippen molar-refractivity contribution < 1.29 is 4.74 Å². The van der Waals surface area contributed by atoms with E-state index in [-0.39, 0.29) is 0 Å². The molecule has 122 valence electrons. The number of rotatable bonds is 7. The molecule has 2 N–H and O–H groups in total. The zero-order valence-electron chi connectivity index (χ0n) is 13.1. The molecule has 0 saturated carbocycles. The molecular weight excluding hydrogens is 312 g/mol. The summed E-state index contributed by atoms with van der Waals surface area (Å²) in [4.78, 5) is 8.24. The number of benzene rings is 1. The molecule has 0 fully saturated rings.